The molecule has 0 aliphatic heterocycles. The Morgan fingerprint density at radius 2 is 1.40 bits per heavy atom. The van der Waals surface area contributed by atoms with E-state index < -0.39 is 0 Å². The van der Waals surface area contributed by atoms with Crippen LogP contribution < -0.4 is 0 Å². The van der Waals surface area contributed by atoms with E-state index in [0.717, 1.165) is 6.42 Å². The summed E-state index contributed by atoms with van der Waals surface area (Å²) in [5, 5.41) is 0. The van der Waals surface area contributed by atoms with E-state index in [1.165, 1.54) is 81.9 Å². The van der Waals surface area contributed by atoms with Crippen LogP contribution >= 0.6 is 0 Å². The van der Waals surface area contributed by atoms with Crippen LogP contribution in [-0.4, -0.2) is 4.98 Å². The van der Waals surface area contributed by atoms with Gasteiger partial charge in [-0.2, -0.15) is 0 Å². The second kappa shape index (κ2) is 11.9. The van der Waals surface area contributed by atoms with Crippen LogP contribution in [0.1, 0.15) is 89.3 Å². The normalized spacial score (nSPS) is 10.9. The highest BCUT2D eigenvalue weighted by atomic mass is 14.7. The standard InChI is InChI=1S/C19H33N/c1-3-5-6-7-8-9-10-11-12-13-16-19-18(4-2)15-14-17-20-19/h14-15,17H,3-13,16H2,1-2H3. The van der Waals surface area contributed by atoms with Gasteiger partial charge in [-0.05, 0) is 30.9 Å². The van der Waals surface area contributed by atoms with Crippen molar-refractivity contribution in [2.24, 2.45) is 0 Å². The van der Waals surface area contributed by atoms with E-state index in [9.17, 15) is 0 Å². The van der Waals surface area contributed by atoms with Gasteiger partial charge in [-0.15, -0.1) is 0 Å². The Labute approximate surface area is 126 Å². The number of aryl methyl sites for hydroxylation is 2. The summed E-state index contributed by atoms with van der Waals surface area (Å²) < 4.78 is 0. The molecule has 0 saturated carbocycles. The third-order valence-corrected chi connectivity index (χ3v) is 4.13. The first-order valence-corrected chi connectivity index (χ1v) is 8.81. The average Bonchev–Trinajstić information content (AvgIpc) is 2.49. The highest BCUT2D eigenvalue weighted by Crippen LogP contribution is 2.13. The zero-order chi connectivity index (χ0) is 14.5. The predicted octanol–water partition coefficient (Wildman–Crippen LogP) is 6.11. The number of nitrogens with zero attached hydrogens (tertiary/aromatic N) is 1. The molecule has 0 spiro atoms. The van der Waals surface area contributed by atoms with Gasteiger partial charge in [0, 0.05) is 11.9 Å². The summed E-state index contributed by atoms with van der Waals surface area (Å²) in [6.07, 6.45) is 18.3. The molecule has 0 fully saturated rings. The Kier molecular flexibility index (Phi) is 10.3. The molecule has 0 radical (unpaired) electrons. The first-order valence-electron chi connectivity index (χ1n) is 8.81. The van der Waals surface area contributed by atoms with Gasteiger partial charge >= 0.3 is 0 Å². The van der Waals surface area contributed by atoms with E-state index in [-0.39, 0.29) is 0 Å². The van der Waals surface area contributed by atoms with Crippen LogP contribution in [0.4, 0.5) is 0 Å². The zero-order valence-electron chi connectivity index (χ0n) is 13.7. The molecule has 0 aromatic carbocycles. The van der Waals surface area contributed by atoms with Crippen molar-refractivity contribution in [2.75, 3.05) is 0 Å². The fourth-order valence-corrected chi connectivity index (χ4v) is 2.80. The molecule has 114 valence electrons. The molecule has 0 atom stereocenters. The maximum absolute atomic E-state index is 4.53. The Hall–Kier alpha value is -0.850. The Morgan fingerprint density at radius 1 is 0.800 bits per heavy atom. The van der Waals surface area contributed by atoms with Crippen LogP contribution in [0.2, 0.25) is 0 Å². The van der Waals surface area contributed by atoms with Crippen LogP contribution in [-0.2, 0) is 12.8 Å². The van der Waals surface area contributed by atoms with Crippen molar-refractivity contribution in [1.82, 2.24) is 4.98 Å². The van der Waals surface area contributed by atoms with E-state index in [1.807, 2.05) is 6.20 Å². The van der Waals surface area contributed by atoms with Crippen LogP contribution in [0.15, 0.2) is 18.3 Å². The van der Waals surface area contributed by atoms with Gasteiger partial charge in [0.15, 0.2) is 0 Å². The molecule has 0 aliphatic carbocycles. The topological polar surface area (TPSA) is 12.9 Å². The molecular weight excluding hydrogens is 242 g/mol. The lowest BCUT2D eigenvalue weighted by Crippen LogP contribution is -1.96. The molecule has 0 N–H and O–H groups in total. The molecule has 1 nitrogen and oxygen atoms in total. The van der Waals surface area contributed by atoms with Crippen molar-refractivity contribution in [2.45, 2.75) is 90.9 Å². The molecule has 20 heavy (non-hydrogen) atoms. The van der Waals surface area contributed by atoms with E-state index in [0.29, 0.717) is 0 Å². The molecule has 0 bridgehead atoms. The van der Waals surface area contributed by atoms with Crippen LogP contribution in [0.3, 0.4) is 0 Å². The number of hydrogen-bond donors (Lipinski definition) is 0. The third kappa shape index (κ3) is 7.67. The van der Waals surface area contributed by atoms with E-state index >= 15 is 0 Å². The summed E-state index contributed by atoms with van der Waals surface area (Å²) in [7, 11) is 0. The summed E-state index contributed by atoms with van der Waals surface area (Å²) in [5.41, 5.74) is 2.76. The summed E-state index contributed by atoms with van der Waals surface area (Å²) >= 11 is 0. The second-order valence-corrected chi connectivity index (χ2v) is 5.89. The lowest BCUT2D eigenvalue weighted by Gasteiger charge is -2.06. The van der Waals surface area contributed by atoms with E-state index in [1.54, 1.807) is 0 Å². The van der Waals surface area contributed by atoms with Crippen molar-refractivity contribution in [3.63, 3.8) is 0 Å². The first-order chi connectivity index (χ1) is 9.88. The number of pyridine rings is 1. The van der Waals surface area contributed by atoms with Crippen LogP contribution in [0.5, 0.6) is 0 Å². The minimum atomic E-state index is 1.11. The molecule has 0 saturated heterocycles. The quantitative estimate of drug-likeness (QED) is 0.419. The van der Waals surface area contributed by atoms with Crippen molar-refractivity contribution in [1.29, 1.82) is 0 Å². The number of unbranched alkanes of at least 4 members (excludes halogenated alkanes) is 9. The molecule has 1 aromatic rings. The van der Waals surface area contributed by atoms with E-state index in [2.05, 4.69) is 31.0 Å². The lowest BCUT2D eigenvalue weighted by molar-refractivity contribution is 0.555. The van der Waals surface area contributed by atoms with Gasteiger partial charge in [-0.25, -0.2) is 0 Å². The highest BCUT2D eigenvalue weighted by Gasteiger charge is 2.01. The van der Waals surface area contributed by atoms with Crippen molar-refractivity contribution in [3.05, 3.63) is 29.6 Å². The maximum atomic E-state index is 4.53. The zero-order valence-corrected chi connectivity index (χ0v) is 13.7. The van der Waals surface area contributed by atoms with E-state index in [4.69, 9.17) is 0 Å². The largest absolute Gasteiger partial charge is 0.261 e. The Balaban J connectivity index is 1.97. The SMILES string of the molecule is CCCCCCCCCCCCc1ncccc1CC. The summed E-state index contributed by atoms with van der Waals surface area (Å²) in [6.45, 7) is 4.50. The van der Waals surface area contributed by atoms with Gasteiger partial charge in [0.1, 0.15) is 0 Å². The average molecular weight is 275 g/mol. The monoisotopic (exact) mass is 275 g/mol. The number of aromatic nitrogens is 1. The fraction of sp³-hybridized carbons (Fsp3) is 0.737. The molecule has 1 rings (SSSR count). The molecule has 1 heterocycles. The lowest BCUT2D eigenvalue weighted by atomic mass is 10.0. The summed E-state index contributed by atoms with van der Waals surface area (Å²) in [4.78, 5) is 4.53. The molecule has 0 unspecified atom stereocenters. The van der Waals surface area contributed by atoms with Gasteiger partial charge in [-0.1, -0.05) is 77.7 Å². The van der Waals surface area contributed by atoms with Crippen molar-refractivity contribution < 1.29 is 0 Å². The molecule has 0 amide bonds. The smallest absolute Gasteiger partial charge is 0.0435 e. The minimum absolute atomic E-state index is 1.11. The van der Waals surface area contributed by atoms with Crippen molar-refractivity contribution >= 4 is 0 Å². The Bertz CT molecular complexity index is 332. The van der Waals surface area contributed by atoms with Gasteiger partial charge < -0.3 is 0 Å². The number of rotatable bonds is 12. The van der Waals surface area contributed by atoms with Crippen molar-refractivity contribution in [3.8, 4) is 0 Å². The third-order valence-electron chi connectivity index (χ3n) is 4.13. The molecule has 1 heteroatoms. The fourth-order valence-electron chi connectivity index (χ4n) is 2.80. The van der Waals surface area contributed by atoms with Gasteiger partial charge in [0.25, 0.3) is 0 Å². The van der Waals surface area contributed by atoms with Gasteiger partial charge in [-0.3, -0.25) is 4.98 Å². The van der Waals surface area contributed by atoms with Gasteiger partial charge in [0.05, 0.1) is 0 Å². The second-order valence-electron chi connectivity index (χ2n) is 5.89. The minimum Gasteiger partial charge on any atom is -0.261 e. The van der Waals surface area contributed by atoms with Gasteiger partial charge in [0.2, 0.25) is 0 Å². The summed E-state index contributed by atoms with van der Waals surface area (Å²) in [5.74, 6) is 0. The Morgan fingerprint density at radius 3 is 2.00 bits per heavy atom. The molecule has 0 aliphatic rings. The van der Waals surface area contributed by atoms with Crippen LogP contribution in [0, 0.1) is 0 Å². The maximum Gasteiger partial charge on any atom is 0.0435 e. The first kappa shape index (κ1) is 17.2. The van der Waals surface area contributed by atoms with Crippen LogP contribution in [0.25, 0.3) is 0 Å². The molecule has 1 aromatic heterocycles. The highest BCUT2D eigenvalue weighted by molar-refractivity contribution is 5.19. The summed E-state index contributed by atoms with van der Waals surface area (Å²) in [6, 6.07) is 4.28. The number of hydrogen-bond acceptors (Lipinski definition) is 1. The predicted molar refractivity (Wildman–Crippen MR) is 89.2 cm³/mol. The molecular formula is C19H33N.